The number of anilines is 1. The Morgan fingerprint density at radius 1 is 1.29 bits per heavy atom. The average Bonchev–Trinajstić information content (AvgIpc) is 2.30. The highest BCUT2D eigenvalue weighted by Crippen LogP contribution is 2.16. The van der Waals surface area contributed by atoms with E-state index in [-0.39, 0.29) is 0 Å². The van der Waals surface area contributed by atoms with E-state index in [0.717, 1.165) is 35.8 Å². The highest BCUT2D eigenvalue weighted by atomic mass is 32.2. The largest absolute Gasteiger partial charge is 0.399 e. The summed E-state index contributed by atoms with van der Waals surface area (Å²) in [5.41, 5.74) is 7.43. The molecule has 0 saturated heterocycles. The number of nitrogen functional groups attached to an aromatic ring is 1. The van der Waals surface area contributed by atoms with Crippen LogP contribution in [0.5, 0.6) is 0 Å². The summed E-state index contributed by atoms with van der Waals surface area (Å²) in [6.07, 6.45) is 0. The van der Waals surface area contributed by atoms with Gasteiger partial charge in [0, 0.05) is 22.9 Å². The fourth-order valence-corrected chi connectivity index (χ4v) is 3.07. The summed E-state index contributed by atoms with van der Waals surface area (Å²) in [7, 11) is -0.924. The van der Waals surface area contributed by atoms with E-state index in [1.165, 1.54) is 0 Å². The van der Waals surface area contributed by atoms with Crippen LogP contribution in [-0.4, -0.2) is 34.5 Å². The van der Waals surface area contributed by atoms with Crippen LogP contribution < -0.4 is 5.73 Å². The van der Waals surface area contributed by atoms with Gasteiger partial charge in [0.2, 0.25) is 0 Å². The Hall–Kier alpha value is -0.870. The first-order valence-corrected chi connectivity index (χ1v) is 7.37. The molecule has 0 fully saturated rings. The van der Waals surface area contributed by atoms with E-state index >= 15 is 0 Å². The molecule has 1 rings (SSSR count). The van der Waals surface area contributed by atoms with Gasteiger partial charge >= 0.3 is 0 Å². The number of hydrogen-bond acceptors (Lipinski definition) is 3. The van der Waals surface area contributed by atoms with Crippen LogP contribution in [0.2, 0.25) is 0 Å². The molecular weight excluding hydrogens is 232 g/mol. The van der Waals surface area contributed by atoms with E-state index in [1.807, 2.05) is 25.1 Å². The molecule has 0 bridgehead atoms. The van der Waals surface area contributed by atoms with E-state index in [0.29, 0.717) is 5.75 Å². The number of benzene rings is 1. The maximum Gasteiger partial charge on any atom is 0.0545 e. The van der Waals surface area contributed by atoms with Crippen LogP contribution in [0, 0.1) is 6.92 Å². The van der Waals surface area contributed by atoms with Crippen LogP contribution in [-0.2, 0) is 10.8 Å². The molecule has 1 atom stereocenters. The lowest BCUT2D eigenvalue weighted by Gasteiger charge is -2.17. The molecule has 1 unspecified atom stereocenters. The number of aryl methyl sites for hydroxylation is 1. The SMILES string of the molecule is CCN(CC)CCS(=O)c1ccc(N)cc1C. The first kappa shape index (κ1) is 14.2. The van der Waals surface area contributed by atoms with Gasteiger partial charge in [0.25, 0.3) is 0 Å². The normalized spacial score (nSPS) is 12.9. The summed E-state index contributed by atoms with van der Waals surface area (Å²) in [6.45, 7) is 9.11. The van der Waals surface area contributed by atoms with Gasteiger partial charge in [-0.05, 0) is 43.8 Å². The lowest BCUT2D eigenvalue weighted by molar-refractivity contribution is 0.323. The van der Waals surface area contributed by atoms with Crippen LogP contribution in [0.4, 0.5) is 5.69 Å². The lowest BCUT2D eigenvalue weighted by atomic mass is 10.2. The van der Waals surface area contributed by atoms with Crippen LogP contribution in [0.3, 0.4) is 0 Å². The number of rotatable bonds is 6. The monoisotopic (exact) mass is 254 g/mol. The van der Waals surface area contributed by atoms with E-state index in [1.54, 1.807) is 0 Å². The summed E-state index contributed by atoms with van der Waals surface area (Å²) in [5, 5.41) is 0. The Balaban J connectivity index is 2.64. The van der Waals surface area contributed by atoms with Crippen molar-refractivity contribution in [2.45, 2.75) is 25.7 Å². The fourth-order valence-electron chi connectivity index (χ4n) is 1.79. The molecule has 2 N–H and O–H groups in total. The van der Waals surface area contributed by atoms with E-state index in [9.17, 15) is 4.21 Å². The third kappa shape index (κ3) is 4.13. The molecule has 0 aromatic heterocycles. The van der Waals surface area contributed by atoms with Gasteiger partial charge in [0.15, 0.2) is 0 Å². The lowest BCUT2D eigenvalue weighted by Crippen LogP contribution is -2.27. The quantitative estimate of drug-likeness (QED) is 0.790. The van der Waals surface area contributed by atoms with Crippen molar-refractivity contribution in [1.82, 2.24) is 4.90 Å². The van der Waals surface area contributed by atoms with Gasteiger partial charge in [-0.15, -0.1) is 0 Å². The molecule has 4 heteroatoms. The van der Waals surface area contributed by atoms with Crippen molar-refractivity contribution in [3.63, 3.8) is 0 Å². The maximum absolute atomic E-state index is 12.2. The zero-order valence-electron chi connectivity index (χ0n) is 10.9. The van der Waals surface area contributed by atoms with Gasteiger partial charge in [0.1, 0.15) is 0 Å². The van der Waals surface area contributed by atoms with Crippen molar-refractivity contribution in [2.24, 2.45) is 0 Å². The standard InChI is InChI=1S/C13H22N2OS/c1-4-15(5-2)8-9-17(16)13-7-6-12(14)10-11(13)3/h6-7,10H,4-5,8-9,14H2,1-3H3. The summed E-state index contributed by atoms with van der Waals surface area (Å²) in [6, 6.07) is 5.57. The second-order valence-electron chi connectivity index (χ2n) is 4.10. The molecule has 17 heavy (non-hydrogen) atoms. The number of hydrogen-bond donors (Lipinski definition) is 1. The summed E-state index contributed by atoms with van der Waals surface area (Å²) >= 11 is 0. The third-order valence-electron chi connectivity index (χ3n) is 2.93. The third-order valence-corrected chi connectivity index (χ3v) is 4.43. The molecule has 0 saturated carbocycles. The highest BCUT2D eigenvalue weighted by molar-refractivity contribution is 7.85. The minimum Gasteiger partial charge on any atom is -0.399 e. The molecule has 1 aromatic carbocycles. The van der Waals surface area contributed by atoms with Crippen molar-refractivity contribution in [1.29, 1.82) is 0 Å². The molecule has 0 spiro atoms. The van der Waals surface area contributed by atoms with Gasteiger partial charge in [-0.1, -0.05) is 13.8 Å². The molecule has 3 nitrogen and oxygen atoms in total. The van der Waals surface area contributed by atoms with Gasteiger partial charge in [-0.2, -0.15) is 0 Å². The molecule has 0 aliphatic heterocycles. The minimum absolute atomic E-state index is 0.687. The van der Waals surface area contributed by atoms with E-state index in [4.69, 9.17) is 5.73 Å². The topological polar surface area (TPSA) is 46.3 Å². The molecule has 96 valence electrons. The Morgan fingerprint density at radius 2 is 1.94 bits per heavy atom. The molecule has 0 amide bonds. The first-order valence-electron chi connectivity index (χ1n) is 6.05. The van der Waals surface area contributed by atoms with Crippen LogP contribution in [0.25, 0.3) is 0 Å². The van der Waals surface area contributed by atoms with Crippen LogP contribution in [0.1, 0.15) is 19.4 Å². The Morgan fingerprint density at radius 3 is 2.47 bits per heavy atom. The zero-order chi connectivity index (χ0) is 12.8. The van der Waals surface area contributed by atoms with Gasteiger partial charge in [-0.25, -0.2) is 0 Å². The van der Waals surface area contributed by atoms with E-state index < -0.39 is 10.8 Å². The predicted molar refractivity (Wildman–Crippen MR) is 74.7 cm³/mol. The summed E-state index contributed by atoms with van der Waals surface area (Å²) < 4.78 is 12.2. The van der Waals surface area contributed by atoms with Crippen molar-refractivity contribution in [3.8, 4) is 0 Å². The molecule has 0 aliphatic rings. The van der Waals surface area contributed by atoms with Crippen LogP contribution >= 0.6 is 0 Å². The van der Waals surface area contributed by atoms with Crippen LogP contribution in [0.15, 0.2) is 23.1 Å². The number of nitrogens with two attached hydrogens (primary N) is 1. The molecule has 0 heterocycles. The van der Waals surface area contributed by atoms with Gasteiger partial charge < -0.3 is 10.6 Å². The molecule has 0 aliphatic carbocycles. The highest BCUT2D eigenvalue weighted by Gasteiger charge is 2.09. The van der Waals surface area contributed by atoms with Crippen molar-refractivity contribution < 1.29 is 4.21 Å². The van der Waals surface area contributed by atoms with Gasteiger partial charge in [-0.3, -0.25) is 4.21 Å². The van der Waals surface area contributed by atoms with Crippen molar-refractivity contribution in [2.75, 3.05) is 31.1 Å². The zero-order valence-corrected chi connectivity index (χ0v) is 11.7. The van der Waals surface area contributed by atoms with Crippen molar-refractivity contribution >= 4 is 16.5 Å². The molecular formula is C13H22N2OS. The maximum atomic E-state index is 12.2. The Kier molecular flexibility index (Phi) is 5.65. The second-order valence-corrected chi connectivity index (χ2v) is 5.64. The smallest absolute Gasteiger partial charge is 0.0545 e. The molecule has 1 aromatic rings. The summed E-state index contributed by atoms with van der Waals surface area (Å²) in [5.74, 6) is 0.687. The Bertz CT molecular complexity index is 389. The Labute approximate surface area is 106 Å². The minimum atomic E-state index is -0.924. The first-order chi connectivity index (χ1) is 8.08. The van der Waals surface area contributed by atoms with E-state index in [2.05, 4.69) is 18.7 Å². The fraction of sp³-hybridized carbons (Fsp3) is 0.538. The van der Waals surface area contributed by atoms with Crippen molar-refractivity contribution in [3.05, 3.63) is 23.8 Å². The predicted octanol–water partition coefficient (Wildman–Crippen LogP) is 2.03. The average molecular weight is 254 g/mol. The second kappa shape index (κ2) is 6.77. The molecule has 0 radical (unpaired) electrons. The van der Waals surface area contributed by atoms with Gasteiger partial charge in [0.05, 0.1) is 10.8 Å². The summed E-state index contributed by atoms with van der Waals surface area (Å²) in [4.78, 5) is 3.19. The number of nitrogens with zero attached hydrogens (tertiary/aromatic N) is 1.